The smallest absolute Gasteiger partial charge is 0.366 e. The van der Waals surface area contributed by atoms with Gasteiger partial charge < -0.3 is 11.1 Å². The van der Waals surface area contributed by atoms with Crippen molar-refractivity contribution in [2.75, 3.05) is 5.32 Å². The van der Waals surface area contributed by atoms with Crippen LogP contribution >= 0.6 is 39.1 Å². The first kappa shape index (κ1) is 25.6. The lowest BCUT2D eigenvalue weighted by Crippen LogP contribution is -2.21. The fourth-order valence-corrected chi connectivity index (χ4v) is 4.17. The quantitative estimate of drug-likeness (QED) is 0.337. The molecule has 0 radical (unpaired) electrons. The molecule has 4 aromatic rings. The van der Waals surface area contributed by atoms with Crippen molar-refractivity contribution >= 4 is 56.6 Å². The van der Waals surface area contributed by atoms with Crippen molar-refractivity contribution in [3.8, 4) is 5.82 Å². The van der Waals surface area contributed by atoms with Gasteiger partial charge in [0.05, 0.1) is 39.7 Å². The van der Waals surface area contributed by atoms with E-state index < -0.39 is 23.7 Å². The van der Waals surface area contributed by atoms with E-state index in [-0.39, 0.29) is 45.0 Å². The van der Waals surface area contributed by atoms with Crippen LogP contribution in [0, 0.1) is 0 Å². The summed E-state index contributed by atoms with van der Waals surface area (Å²) >= 11 is 15.7. The molecule has 0 saturated carbocycles. The molecular weight excluding hydrogens is 592 g/mol. The van der Waals surface area contributed by atoms with Gasteiger partial charge in [-0.25, -0.2) is 14.3 Å². The van der Waals surface area contributed by atoms with E-state index in [0.29, 0.717) is 10.7 Å². The van der Waals surface area contributed by atoms with Gasteiger partial charge >= 0.3 is 6.18 Å². The third kappa shape index (κ3) is 5.34. The van der Waals surface area contributed by atoms with Gasteiger partial charge in [0.2, 0.25) is 0 Å². The molecule has 1 aromatic carbocycles. The lowest BCUT2D eigenvalue weighted by Gasteiger charge is -2.13. The third-order valence-electron chi connectivity index (χ3n) is 4.64. The standard InChI is InChI=1S/C20H12BrCl2F3N8O2/c21-9-4-11(17(27)35)16(13(23)5-9)29-19(36)14-6-10(7-33-8-15(30-32-33)20(24,25)26)31-34(14)18-12(22)2-1-3-28-18/h1-6,8H,7H2,(H2,27,35)(H,29,36). The van der Waals surface area contributed by atoms with Gasteiger partial charge in [0.15, 0.2) is 11.5 Å². The van der Waals surface area contributed by atoms with E-state index in [4.69, 9.17) is 28.9 Å². The van der Waals surface area contributed by atoms with Crippen LogP contribution in [0.4, 0.5) is 18.9 Å². The maximum absolute atomic E-state index is 13.3. The van der Waals surface area contributed by atoms with Crippen molar-refractivity contribution in [2.24, 2.45) is 5.73 Å². The average molecular weight is 604 g/mol. The molecule has 186 valence electrons. The van der Waals surface area contributed by atoms with Crippen LogP contribution in [0.3, 0.4) is 0 Å². The molecule has 0 aliphatic heterocycles. The predicted octanol–water partition coefficient (Wildman–Crippen LogP) is 4.35. The Hall–Kier alpha value is -3.49. The van der Waals surface area contributed by atoms with Crippen molar-refractivity contribution < 1.29 is 22.8 Å². The van der Waals surface area contributed by atoms with E-state index in [0.717, 1.165) is 9.36 Å². The number of anilines is 1. The highest BCUT2D eigenvalue weighted by Crippen LogP contribution is 2.31. The van der Waals surface area contributed by atoms with Crippen LogP contribution in [0.15, 0.2) is 47.2 Å². The second-order valence-electron chi connectivity index (χ2n) is 7.17. The number of primary amides is 1. The molecule has 0 bridgehead atoms. The number of amides is 2. The molecular formula is C20H12BrCl2F3N8O2. The number of aromatic nitrogens is 6. The Labute approximate surface area is 218 Å². The fraction of sp³-hybridized carbons (Fsp3) is 0.100. The molecule has 0 fully saturated rings. The van der Waals surface area contributed by atoms with Crippen molar-refractivity contribution in [3.63, 3.8) is 0 Å². The minimum Gasteiger partial charge on any atom is -0.366 e. The van der Waals surface area contributed by atoms with Crippen molar-refractivity contribution in [2.45, 2.75) is 12.7 Å². The predicted molar refractivity (Wildman–Crippen MR) is 126 cm³/mol. The van der Waals surface area contributed by atoms with Crippen LogP contribution in [0.1, 0.15) is 32.2 Å². The topological polar surface area (TPSA) is 134 Å². The number of nitrogens with zero attached hydrogens (tertiary/aromatic N) is 6. The summed E-state index contributed by atoms with van der Waals surface area (Å²) in [6, 6.07) is 7.20. The maximum atomic E-state index is 13.3. The van der Waals surface area contributed by atoms with Gasteiger partial charge in [0.1, 0.15) is 5.69 Å². The fourth-order valence-electron chi connectivity index (χ4n) is 3.11. The summed E-state index contributed by atoms with van der Waals surface area (Å²) in [5.74, 6) is -1.55. The molecule has 0 unspecified atom stereocenters. The molecule has 4 rings (SSSR count). The molecule has 36 heavy (non-hydrogen) atoms. The van der Waals surface area contributed by atoms with E-state index in [1.807, 2.05) is 0 Å². The van der Waals surface area contributed by atoms with Gasteiger partial charge in [-0.3, -0.25) is 9.59 Å². The highest BCUT2D eigenvalue weighted by atomic mass is 79.9. The van der Waals surface area contributed by atoms with E-state index in [2.05, 4.69) is 41.6 Å². The SMILES string of the molecule is NC(=O)c1cc(Br)cc(Cl)c1NC(=O)c1cc(Cn2cc(C(F)(F)F)nn2)nn1-c1ncccc1Cl. The summed E-state index contributed by atoms with van der Waals surface area (Å²) in [5.41, 5.74) is 4.14. The maximum Gasteiger partial charge on any atom is 0.436 e. The van der Waals surface area contributed by atoms with E-state index in [9.17, 15) is 22.8 Å². The normalized spacial score (nSPS) is 11.5. The largest absolute Gasteiger partial charge is 0.436 e. The first-order valence-electron chi connectivity index (χ1n) is 9.71. The van der Waals surface area contributed by atoms with Gasteiger partial charge in [0.25, 0.3) is 11.8 Å². The summed E-state index contributed by atoms with van der Waals surface area (Å²) in [6.07, 6.45) is -2.56. The highest BCUT2D eigenvalue weighted by Gasteiger charge is 2.34. The Kier molecular flexibility index (Phi) is 7.02. The number of nitrogens with two attached hydrogens (primary N) is 1. The second-order valence-corrected chi connectivity index (χ2v) is 8.90. The number of benzene rings is 1. The molecule has 16 heteroatoms. The van der Waals surface area contributed by atoms with Crippen LogP contribution < -0.4 is 11.1 Å². The first-order valence-corrected chi connectivity index (χ1v) is 11.3. The van der Waals surface area contributed by atoms with Gasteiger partial charge in [-0.1, -0.05) is 44.3 Å². The third-order valence-corrected chi connectivity index (χ3v) is 5.70. The van der Waals surface area contributed by atoms with Crippen LogP contribution in [-0.4, -0.2) is 41.6 Å². The summed E-state index contributed by atoms with van der Waals surface area (Å²) < 4.78 is 41.1. The van der Waals surface area contributed by atoms with Gasteiger partial charge in [-0.15, -0.1) is 5.10 Å². The first-order chi connectivity index (χ1) is 16.9. The molecule has 0 aliphatic carbocycles. The van der Waals surface area contributed by atoms with E-state index >= 15 is 0 Å². The Morgan fingerprint density at radius 3 is 2.56 bits per heavy atom. The second kappa shape index (κ2) is 9.87. The number of alkyl halides is 3. The zero-order valence-corrected chi connectivity index (χ0v) is 20.7. The van der Waals surface area contributed by atoms with Crippen LogP contribution in [0.2, 0.25) is 10.0 Å². The molecule has 2 amide bonds. The van der Waals surface area contributed by atoms with Crippen molar-refractivity contribution in [1.82, 2.24) is 29.8 Å². The van der Waals surface area contributed by atoms with Crippen LogP contribution in [0.5, 0.6) is 0 Å². The summed E-state index contributed by atoms with van der Waals surface area (Å²) in [5, 5.41) is 13.5. The minimum atomic E-state index is -4.67. The molecule has 10 nitrogen and oxygen atoms in total. The summed E-state index contributed by atoms with van der Waals surface area (Å²) in [4.78, 5) is 29.3. The number of pyridine rings is 1. The van der Waals surface area contributed by atoms with Crippen LogP contribution in [-0.2, 0) is 12.7 Å². The van der Waals surface area contributed by atoms with E-state index in [1.165, 1.54) is 30.5 Å². The molecule has 0 atom stereocenters. The number of rotatable bonds is 6. The van der Waals surface area contributed by atoms with E-state index in [1.54, 1.807) is 6.07 Å². The Morgan fingerprint density at radius 2 is 1.92 bits per heavy atom. The van der Waals surface area contributed by atoms with Crippen molar-refractivity contribution in [3.05, 3.63) is 79.9 Å². The number of hydrogen-bond acceptors (Lipinski definition) is 6. The van der Waals surface area contributed by atoms with Gasteiger partial charge in [-0.05, 0) is 30.3 Å². The Balaban J connectivity index is 1.75. The number of carbonyl (C=O) groups excluding carboxylic acids is 2. The molecule has 3 aromatic heterocycles. The Morgan fingerprint density at radius 1 is 1.17 bits per heavy atom. The number of carbonyl (C=O) groups is 2. The molecule has 3 heterocycles. The lowest BCUT2D eigenvalue weighted by molar-refractivity contribution is -0.141. The molecule has 0 saturated heterocycles. The molecule has 0 spiro atoms. The summed E-state index contributed by atoms with van der Waals surface area (Å²) in [6.45, 7) is -0.258. The summed E-state index contributed by atoms with van der Waals surface area (Å²) in [7, 11) is 0. The number of halogens is 6. The highest BCUT2D eigenvalue weighted by molar-refractivity contribution is 9.10. The zero-order chi connectivity index (χ0) is 26.2. The monoisotopic (exact) mass is 602 g/mol. The molecule has 3 N–H and O–H groups in total. The number of hydrogen-bond donors (Lipinski definition) is 2. The van der Waals surface area contributed by atoms with Crippen LogP contribution in [0.25, 0.3) is 5.82 Å². The molecule has 0 aliphatic rings. The van der Waals surface area contributed by atoms with Gasteiger partial charge in [-0.2, -0.15) is 18.3 Å². The Bertz CT molecular complexity index is 1490. The average Bonchev–Trinajstić information content (AvgIpc) is 3.43. The lowest BCUT2D eigenvalue weighted by atomic mass is 10.1. The number of nitrogens with one attached hydrogen (secondary N) is 1. The zero-order valence-electron chi connectivity index (χ0n) is 17.6. The van der Waals surface area contributed by atoms with Crippen molar-refractivity contribution in [1.29, 1.82) is 0 Å². The minimum absolute atomic E-state index is 0.0241. The van der Waals surface area contributed by atoms with Gasteiger partial charge in [0, 0.05) is 10.7 Å².